The zero-order valence-corrected chi connectivity index (χ0v) is 21.2. The highest BCUT2D eigenvalue weighted by atomic mass is 127. The first-order valence-corrected chi connectivity index (χ1v) is 11.3. The summed E-state index contributed by atoms with van der Waals surface area (Å²) in [6.45, 7) is 8.85. The first kappa shape index (κ1) is 25.2. The van der Waals surface area contributed by atoms with E-state index < -0.39 is 0 Å². The van der Waals surface area contributed by atoms with E-state index in [1.54, 1.807) is 7.11 Å². The molecule has 2 unspecified atom stereocenters. The molecule has 0 spiro atoms. The number of guanidine groups is 1. The molecule has 170 valence electrons. The Kier molecular flexibility index (Phi) is 11.2. The predicted octanol–water partition coefficient (Wildman–Crippen LogP) is 3.49. The summed E-state index contributed by atoms with van der Waals surface area (Å²) in [6, 6.07) is 9.40. The van der Waals surface area contributed by atoms with E-state index in [1.165, 1.54) is 50.8 Å². The molecular formula is C23H40IN5O. The molecule has 7 heteroatoms. The first-order chi connectivity index (χ1) is 14.2. The summed E-state index contributed by atoms with van der Waals surface area (Å²) in [5.41, 5.74) is 1.30. The summed E-state index contributed by atoms with van der Waals surface area (Å²) in [6.07, 6.45) is 6.40. The Morgan fingerprint density at radius 3 is 2.27 bits per heavy atom. The molecule has 2 saturated heterocycles. The minimum absolute atomic E-state index is 0. The van der Waals surface area contributed by atoms with Gasteiger partial charge in [-0.3, -0.25) is 14.8 Å². The third-order valence-electron chi connectivity index (χ3n) is 6.38. The molecule has 0 aromatic heterocycles. The lowest BCUT2D eigenvalue weighted by Gasteiger charge is -2.30. The minimum atomic E-state index is 0. The van der Waals surface area contributed by atoms with Gasteiger partial charge in [-0.2, -0.15) is 0 Å². The van der Waals surface area contributed by atoms with Gasteiger partial charge in [-0.15, -0.1) is 24.0 Å². The van der Waals surface area contributed by atoms with Gasteiger partial charge in [-0.25, -0.2) is 0 Å². The first-order valence-electron chi connectivity index (χ1n) is 11.3. The van der Waals surface area contributed by atoms with E-state index in [1.807, 2.05) is 13.1 Å². The van der Waals surface area contributed by atoms with E-state index in [0.29, 0.717) is 12.1 Å². The van der Waals surface area contributed by atoms with E-state index >= 15 is 0 Å². The van der Waals surface area contributed by atoms with Crippen LogP contribution in [0.25, 0.3) is 0 Å². The number of hydrogen-bond acceptors (Lipinski definition) is 4. The van der Waals surface area contributed by atoms with Crippen molar-refractivity contribution in [2.24, 2.45) is 4.99 Å². The van der Waals surface area contributed by atoms with E-state index in [-0.39, 0.29) is 24.0 Å². The van der Waals surface area contributed by atoms with Crippen LogP contribution in [0.4, 0.5) is 0 Å². The van der Waals surface area contributed by atoms with Crippen LogP contribution in [-0.4, -0.2) is 75.2 Å². The van der Waals surface area contributed by atoms with Gasteiger partial charge in [0.05, 0.1) is 13.2 Å². The summed E-state index contributed by atoms with van der Waals surface area (Å²) in [7, 11) is 3.60. The van der Waals surface area contributed by atoms with Gasteiger partial charge >= 0.3 is 0 Å². The average molecular weight is 530 g/mol. The number of aliphatic imine (C=N–C) groups is 1. The lowest BCUT2D eigenvalue weighted by atomic mass is 10.1. The van der Waals surface area contributed by atoms with Crippen molar-refractivity contribution in [3.05, 3.63) is 29.8 Å². The Bertz CT molecular complexity index is 644. The molecule has 3 rings (SSSR count). The quantitative estimate of drug-likeness (QED) is 0.292. The topological polar surface area (TPSA) is 52.1 Å². The van der Waals surface area contributed by atoms with E-state index in [0.717, 1.165) is 37.9 Å². The molecule has 1 aromatic rings. The number of nitrogens with one attached hydrogen (secondary N) is 2. The minimum Gasteiger partial charge on any atom is -0.497 e. The molecular weight excluding hydrogens is 489 g/mol. The number of nitrogens with zero attached hydrogens (tertiary/aromatic N) is 3. The van der Waals surface area contributed by atoms with Crippen LogP contribution < -0.4 is 15.4 Å². The molecule has 2 heterocycles. The van der Waals surface area contributed by atoms with Crippen LogP contribution in [0.1, 0.15) is 50.6 Å². The Hall–Kier alpha value is -1.06. The number of ether oxygens (including phenoxy) is 1. The van der Waals surface area contributed by atoms with Gasteiger partial charge in [0.15, 0.2) is 5.96 Å². The van der Waals surface area contributed by atoms with E-state index in [9.17, 15) is 0 Å². The van der Waals surface area contributed by atoms with Crippen LogP contribution in [0, 0.1) is 0 Å². The Morgan fingerprint density at radius 1 is 1.03 bits per heavy atom. The van der Waals surface area contributed by atoms with Crippen molar-refractivity contribution in [3.8, 4) is 5.75 Å². The maximum atomic E-state index is 5.46. The zero-order valence-electron chi connectivity index (χ0n) is 18.9. The monoisotopic (exact) mass is 529 g/mol. The van der Waals surface area contributed by atoms with Crippen LogP contribution in [0.5, 0.6) is 5.75 Å². The Balaban J connectivity index is 0.00000320. The fraction of sp³-hybridized carbons (Fsp3) is 0.696. The molecule has 0 aliphatic carbocycles. The molecule has 0 radical (unpaired) electrons. The van der Waals surface area contributed by atoms with Crippen LogP contribution >= 0.6 is 24.0 Å². The molecule has 6 nitrogen and oxygen atoms in total. The SMILES string of the molecule is CCC(CNC(=NC)NCC(c1cccc(OC)c1)N1CCCC1)N1CCCC1.I. The number of methoxy groups -OCH3 is 1. The largest absolute Gasteiger partial charge is 0.497 e. The molecule has 2 fully saturated rings. The molecule has 0 bridgehead atoms. The summed E-state index contributed by atoms with van der Waals surface area (Å²) in [5, 5.41) is 7.16. The van der Waals surface area contributed by atoms with Crippen molar-refractivity contribution >= 4 is 29.9 Å². The van der Waals surface area contributed by atoms with Gasteiger partial charge in [-0.05, 0) is 76.0 Å². The number of likely N-dealkylation sites (tertiary alicyclic amines) is 2. The van der Waals surface area contributed by atoms with Gasteiger partial charge in [0.2, 0.25) is 0 Å². The summed E-state index contributed by atoms with van der Waals surface area (Å²) >= 11 is 0. The van der Waals surface area contributed by atoms with Crippen molar-refractivity contribution in [3.63, 3.8) is 0 Å². The Morgan fingerprint density at radius 2 is 1.67 bits per heavy atom. The number of benzene rings is 1. The third kappa shape index (κ3) is 6.99. The van der Waals surface area contributed by atoms with E-state index in [2.05, 4.69) is 50.5 Å². The second-order valence-electron chi connectivity index (χ2n) is 8.17. The maximum absolute atomic E-state index is 5.46. The molecule has 2 N–H and O–H groups in total. The summed E-state index contributed by atoms with van der Waals surface area (Å²) < 4.78 is 5.46. The highest BCUT2D eigenvalue weighted by molar-refractivity contribution is 14.0. The molecule has 0 saturated carbocycles. The number of halogens is 1. The van der Waals surface area contributed by atoms with Crippen LogP contribution in [0.3, 0.4) is 0 Å². The second-order valence-corrected chi connectivity index (χ2v) is 8.17. The average Bonchev–Trinajstić information content (AvgIpc) is 3.48. The predicted molar refractivity (Wildman–Crippen MR) is 136 cm³/mol. The second kappa shape index (κ2) is 13.4. The van der Waals surface area contributed by atoms with Crippen molar-refractivity contribution in [1.82, 2.24) is 20.4 Å². The third-order valence-corrected chi connectivity index (χ3v) is 6.38. The molecule has 2 aliphatic heterocycles. The van der Waals surface area contributed by atoms with Gasteiger partial charge in [0.1, 0.15) is 5.75 Å². The van der Waals surface area contributed by atoms with Crippen molar-refractivity contribution in [2.45, 2.75) is 51.1 Å². The lowest BCUT2D eigenvalue weighted by Crippen LogP contribution is -2.47. The van der Waals surface area contributed by atoms with Crippen molar-refractivity contribution in [1.29, 1.82) is 0 Å². The van der Waals surface area contributed by atoms with Gasteiger partial charge in [0.25, 0.3) is 0 Å². The lowest BCUT2D eigenvalue weighted by molar-refractivity contribution is 0.234. The van der Waals surface area contributed by atoms with Gasteiger partial charge in [-0.1, -0.05) is 19.1 Å². The molecule has 2 aliphatic rings. The zero-order chi connectivity index (χ0) is 20.5. The highest BCUT2D eigenvalue weighted by Gasteiger charge is 2.24. The number of rotatable bonds is 9. The van der Waals surface area contributed by atoms with Crippen LogP contribution in [0.15, 0.2) is 29.3 Å². The van der Waals surface area contributed by atoms with Crippen molar-refractivity contribution in [2.75, 3.05) is 53.4 Å². The normalized spacial score (nSPS) is 19.9. The summed E-state index contributed by atoms with van der Waals surface area (Å²) in [5.74, 6) is 1.82. The van der Waals surface area contributed by atoms with Crippen LogP contribution in [0.2, 0.25) is 0 Å². The standard InChI is InChI=1S/C23H39N5O.HI/c1-4-20(27-12-5-6-13-27)17-25-23(24-2)26-18-22(28-14-7-8-15-28)19-10-9-11-21(16-19)29-3;/h9-11,16,20,22H,4-8,12-15,17-18H2,1-3H3,(H2,24,25,26);1H. The van der Waals surface area contributed by atoms with E-state index in [4.69, 9.17) is 4.74 Å². The summed E-state index contributed by atoms with van der Waals surface area (Å²) in [4.78, 5) is 9.67. The van der Waals surface area contributed by atoms with Crippen molar-refractivity contribution < 1.29 is 4.74 Å². The highest BCUT2D eigenvalue weighted by Crippen LogP contribution is 2.27. The smallest absolute Gasteiger partial charge is 0.191 e. The fourth-order valence-corrected chi connectivity index (χ4v) is 4.63. The molecule has 1 aromatic carbocycles. The molecule has 30 heavy (non-hydrogen) atoms. The maximum Gasteiger partial charge on any atom is 0.191 e. The molecule has 0 amide bonds. The molecule has 2 atom stereocenters. The number of hydrogen-bond donors (Lipinski definition) is 2. The van der Waals surface area contributed by atoms with Crippen LogP contribution in [-0.2, 0) is 0 Å². The fourth-order valence-electron chi connectivity index (χ4n) is 4.63. The van der Waals surface area contributed by atoms with Gasteiger partial charge < -0.3 is 15.4 Å². The van der Waals surface area contributed by atoms with Gasteiger partial charge in [0, 0.05) is 26.2 Å². The Labute approximate surface area is 199 Å².